The first-order valence-electron chi connectivity index (χ1n) is 7.16. The third-order valence-electron chi connectivity index (χ3n) is 3.79. The molecule has 7 nitrogen and oxygen atoms in total. The summed E-state index contributed by atoms with van der Waals surface area (Å²) < 4.78 is 16.2. The highest BCUT2D eigenvalue weighted by atomic mass is 16.6. The van der Waals surface area contributed by atoms with Crippen LogP contribution in [0.4, 0.5) is 4.79 Å². The van der Waals surface area contributed by atoms with E-state index in [1.54, 1.807) is 20.8 Å². The van der Waals surface area contributed by atoms with E-state index in [9.17, 15) is 9.59 Å². The molecule has 2 aliphatic rings. The van der Waals surface area contributed by atoms with E-state index in [0.29, 0.717) is 26.1 Å². The number of carboxylic acids is 1. The van der Waals surface area contributed by atoms with E-state index in [0.717, 1.165) is 0 Å². The van der Waals surface area contributed by atoms with Gasteiger partial charge in [-0.05, 0) is 33.6 Å². The monoisotopic (exact) mass is 301 g/mol. The maximum atomic E-state index is 12.5. The lowest BCUT2D eigenvalue weighted by atomic mass is 9.87. The standard InChI is InChI=1S/C14H23NO6/c1-13(2,3)21-12(18)15-8-10(11(16)17)20-9-14(15)4-6-19-7-5-14/h10H,4-9H2,1-3H3,(H,16,17). The second kappa shape index (κ2) is 5.81. The zero-order chi connectivity index (χ0) is 15.7. The lowest BCUT2D eigenvalue weighted by Gasteiger charge is -2.49. The van der Waals surface area contributed by atoms with Crippen LogP contribution in [0.3, 0.4) is 0 Å². The molecule has 7 heteroatoms. The Balaban J connectivity index is 2.19. The molecule has 2 rings (SSSR count). The molecule has 2 fully saturated rings. The number of morpholine rings is 1. The van der Waals surface area contributed by atoms with Gasteiger partial charge in [0.2, 0.25) is 0 Å². The summed E-state index contributed by atoms with van der Waals surface area (Å²) in [6, 6.07) is 0. The Morgan fingerprint density at radius 3 is 2.43 bits per heavy atom. The average molecular weight is 301 g/mol. The van der Waals surface area contributed by atoms with Crippen LogP contribution in [0.15, 0.2) is 0 Å². The maximum Gasteiger partial charge on any atom is 0.410 e. The second-order valence-electron chi connectivity index (χ2n) is 6.57. The highest BCUT2D eigenvalue weighted by Gasteiger charge is 2.48. The molecule has 0 aliphatic carbocycles. The molecule has 0 saturated carbocycles. The Hall–Kier alpha value is -1.34. The molecule has 0 radical (unpaired) electrons. The first-order chi connectivity index (χ1) is 9.73. The third-order valence-corrected chi connectivity index (χ3v) is 3.79. The molecular weight excluding hydrogens is 278 g/mol. The molecule has 120 valence electrons. The molecule has 1 amide bonds. The van der Waals surface area contributed by atoms with Gasteiger partial charge in [0.1, 0.15) is 5.60 Å². The van der Waals surface area contributed by atoms with Crippen LogP contribution < -0.4 is 0 Å². The van der Waals surface area contributed by atoms with Crippen LogP contribution in [-0.2, 0) is 19.0 Å². The zero-order valence-corrected chi connectivity index (χ0v) is 12.8. The van der Waals surface area contributed by atoms with Crippen LogP contribution in [0.25, 0.3) is 0 Å². The van der Waals surface area contributed by atoms with Crippen LogP contribution in [0, 0.1) is 0 Å². The molecule has 21 heavy (non-hydrogen) atoms. The summed E-state index contributed by atoms with van der Waals surface area (Å²) in [6.45, 7) is 6.63. The number of rotatable bonds is 1. The van der Waals surface area contributed by atoms with Crippen molar-refractivity contribution in [1.29, 1.82) is 0 Å². The van der Waals surface area contributed by atoms with Crippen molar-refractivity contribution in [2.45, 2.75) is 50.9 Å². The van der Waals surface area contributed by atoms with Crippen LogP contribution >= 0.6 is 0 Å². The summed E-state index contributed by atoms with van der Waals surface area (Å²) >= 11 is 0. The number of aliphatic carboxylic acids is 1. The Kier molecular flexibility index (Phi) is 4.43. The second-order valence-corrected chi connectivity index (χ2v) is 6.57. The van der Waals surface area contributed by atoms with Crippen molar-refractivity contribution in [3.8, 4) is 0 Å². The van der Waals surface area contributed by atoms with Gasteiger partial charge in [-0.25, -0.2) is 9.59 Å². The minimum atomic E-state index is -1.06. The lowest BCUT2D eigenvalue weighted by Crippen LogP contribution is -2.65. The summed E-state index contributed by atoms with van der Waals surface area (Å²) in [5.74, 6) is -1.06. The topological polar surface area (TPSA) is 85.3 Å². The van der Waals surface area contributed by atoms with E-state index >= 15 is 0 Å². The Bertz CT molecular complexity index is 410. The van der Waals surface area contributed by atoms with Gasteiger partial charge in [0.15, 0.2) is 6.10 Å². The number of carbonyl (C=O) groups is 2. The van der Waals surface area contributed by atoms with Crippen molar-refractivity contribution in [3.05, 3.63) is 0 Å². The molecule has 1 atom stereocenters. The lowest BCUT2D eigenvalue weighted by molar-refractivity contribution is -0.173. The van der Waals surface area contributed by atoms with E-state index in [2.05, 4.69) is 0 Å². The van der Waals surface area contributed by atoms with Crippen molar-refractivity contribution < 1.29 is 28.9 Å². The molecule has 1 spiro atoms. The van der Waals surface area contributed by atoms with E-state index in [4.69, 9.17) is 19.3 Å². The van der Waals surface area contributed by atoms with Crippen molar-refractivity contribution in [1.82, 2.24) is 4.90 Å². The number of ether oxygens (including phenoxy) is 3. The Morgan fingerprint density at radius 1 is 1.29 bits per heavy atom. The summed E-state index contributed by atoms with van der Waals surface area (Å²) in [7, 11) is 0. The zero-order valence-electron chi connectivity index (χ0n) is 12.8. The molecule has 1 N–H and O–H groups in total. The maximum absolute atomic E-state index is 12.5. The van der Waals surface area contributed by atoms with Crippen molar-refractivity contribution in [2.75, 3.05) is 26.4 Å². The number of amides is 1. The summed E-state index contributed by atoms with van der Waals surface area (Å²) in [5.41, 5.74) is -1.15. The molecule has 2 heterocycles. The molecule has 0 bridgehead atoms. The van der Waals surface area contributed by atoms with Crippen LogP contribution in [0.1, 0.15) is 33.6 Å². The van der Waals surface area contributed by atoms with Gasteiger partial charge < -0.3 is 19.3 Å². The third kappa shape index (κ3) is 3.65. The fourth-order valence-electron chi connectivity index (χ4n) is 2.65. The largest absolute Gasteiger partial charge is 0.479 e. The normalized spacial score (nSPS) is 25.7. The molecular formula is C14H23NO6. The van der Waals surface area contributed by atoms with Gasteiger partial charge in [0, 0.05) is 13.2 Å². The van der Waals surface area contributed by atoms with Gasteiger partial charge >= 0.3 is 12.1 Å². The number of hydrogen-bond acceptors (Lipinski definition) is 5. The minimum absolute atomic E-state index is 0.00421. The van der Waals surface area contributed by atoms with Crippen LogP contribution in [0.5, 0.6) is 0 Å². The van der Waals surface area contributed by atoms with Gasteiger partial charge in [0.05, 0.1) is 18.7 Å². The van der Waals surface area contributed by atoms with Gasteiger partial charge in [-0.15, -0.1) is 0 Å². The van der Waals surface area contributed by atoms with E-state index in [1.165, 1.54) is 4.90 Å². The minimum Gasteiger partial charge on any atom is -0.479 e. The fourth-order valence-corrected chi connectivity index (χ4v) is 2.65. The number of nitrogens with zero attached hydrogens (tertiary/aromatic N) is 1. The molecule has 1 unspecified atom stereocenters. The molecule has 2 saturated heterocycles. The average Bonchev–Trinajstić information content (AvgIpc) is 2.37. The van der Waals surface area contributed by atoms with E-state index in [-0.39, 0.29) is 13.2 Å². The molecule has 0 aromatic rings. The van der Waals surface area contributed by atoms with Gasteiger partial charge in [-0.1, -0.05) is 0 Å². The van der Waals surface area contributed by atoms with Gasteiger partial charge in [0.25, 0.3) is 0 Å². The Labute approximate surface area is 124 Å². The summed E-state index contributed by atoms with van der Waals surface area (Å²) in [6.07, 6.45) is -0.248. The first kappa shape index (κ1) is 16.0. The number of hydrogen-bond donors (Lipinski definition) is 1. The highest BCUT2D eigenvalue weighted by Crippen LogP contribution is 2.33. The Morgan fingerprint density at radius 2 is 1.90 bits per heavy atom. The smallest absolute Gasteiger partial charge is 0.410 e. The number of carbonyl (C=O) groups excluding carboxylic acids is 1. The highest BCUT2D eigenvalue weighted by molar-refractivity contribution is 5.75. The quantitative estimate of drug-likeness (QED) is 0.784. The summed E-state index contributed by atoms with van der Waals surface area (Å²) in [5, 5.41) is 9.13. The van der Waals surface area contributed by atoms with Gasteiger partial charge in [-0.3, -0.25) is 4.90 Å². The first-order valence-corrected chi connectivity index (χ1v) is 7.16. The predicted molar refractivity (Wildman–Crippen MR) is 73.1 cm³/mol. The van der Waals surface area contributed by atoms with Crippen molar-refractivity contribution in [2.24, 2.45) is 0 Å². The van der Waals surface area contributed by atoms with Crippen molar-refractivity contribution in [3.63, 3.8) is 0 Å². The van der Waals surface area contributed by atoms with Gasteiger partial charge in [-0.2, -0.15) is 0 Å². The fraction of sp³-hybridized carbons (Fsp3) is 0.857. The molecule has 0 aromatic carbocycles. The number of carboxylic acid groups (broad SMARTS) is 1. The predicted octanol–water partition coefficient (Wildman–Crippen LogP) is 1.26. The molecule has 2 aliphatic heterocycles. The van der Waals surface area contributed by atoms with Crippen LogP contribution in [-0.4, -0.2) is 65.7 Å². The SMILES string of the molecule is CC(C)(C)OC(=O)N1CC(C(=O)O)OCC12CCOCC2. The molecule has 0 aromatic heterocycles. The van der Waals surface area contributed by atoms with Crippen molar-refractivity contribution >= 4 is 12.1 Å². The summed E-state index contributed by atoms with van der Waals surface area (Å²) in [4.78, 5) is 25.2. The van der Waals surface area contributed by atoms with Crippen LogP contribution in [0.2, 0.25) is 0 Å². The van der Waals surface area contributed by atoms with E-state index < -0.39 is 29.3 Å². The van der Waals surface area contributed by atoms with E-state index in [1.807, 2.05) is 0 Å².